The number of primary amides is 1. The number of benzene rings is 1. The predicted molar refractivity (Wildman–Crippen MR) is 72.5 cm³/mol. The number of rotatable bonds is 1. The third-order valence-electron chi connectivity index (χ3n) is 3.09. The Bertz CT molecular complexity index is 443. The van der Waals surface area contributed by atoms with Crippen molar-refractivity contribution in [3.8, 4) is 0 Å². The second-order valence-electron chi connectivity index (χ2n) is 4.47. The maximum atomic E-state index is 12.1. The number of para-hydroxylation sites is 1. The van der Waals surface area contributed by atoms with Crippen molar-refractivity contribution in [2.75, 3.05) is 18.1 Å². The average Bonchev–Trinajstić information content (AvgIpc) is 2.46. The monoisotopic (exact) mass is 262 g/mol. The summed E-state index contributed by atoms with van der Waals surface area (Å²) in [6.45, 7) is 1.43. The van der Waals surface area contributed by atoms with E-state index in [1.807, 2.05) is 6.07 Å². The number of carbonyl (C=O) groups is 2. The summed E-state index contributed by atoms with van der Waals surface area (Å²) in [5.41, 5.74) is 8.39. The number of likely N-dealkylation sites (tertiary alicyclic amines) is 1. The number of piperidine rings is 1. The number of nitrogens with two attached hydrogens (primary N) is 1. The fourth-order valence-electron chi connectivity index (χ4n) is 2.09. The van der Waals surface area contributed by atoms with Crippen LogP contribution >= 0.6 is 0 Å². The van der Waals surface area contributed by atoms with Gasteiger partial charge in [-0.05, 0) is 31.4 Å². The lowest BCUT2D eigenvalue weighted by Crippen LogP contribution is -2.54. The van der Waals surface area contributed by atoms with Crippen molar-refractivity contribution in [2.45, 2.75) is 19.3 Å². The highest BCUT2D eigenvalue weighted by Gasteiger charge is 2.21. The van der Waals surface area contributed by atoms with Crippen LogP contribution in [0.4, 0.5) is 15.3 Å². The normalized spacial score (nSPS) is 14.8. The fourth-order valence-corrected chi connectivity index (χ4v) is 2.09. The molecule has 1 fully saturated rings. The van der Waals surface area contributed by atoms with Crippen LogP contribution in [0.5, 0.6) is 0 Å². The molecule has 0 atom stereocenters. The van der Waals surface area contributed by atoms with E-state index in [1.165, 1.54) is 0 Å². The van der Waals surface area contributed by atoms with Crippen molar-refractivity contribution in [2.24, 2.45) is 5.73 Å². The molecular weight excluding hydrogens is 244 g/mol. The quantitative estimate of drug-likeness (QED) is 0.755. The molecule has 2 rings (SSSR count). The molecule has 6 nitrogen and oxygen atoms in total. The summed E-state index contributed by atoms with van der Waals surface area (Å²) in [5, 5.41) is 1.07. The average molecular weight is 262 g/mol. The van der Waals surface area contributed by atoms with Crippen LogP contribution in [-0.2, 0) is 0 Å². The van der Waals surface area contributed by atoms with Crippen LogP contribution in [0.25, 0.3) is 0 Å². The predicted octanol–water partition coefficient (Wildman–Crippen LogP) is 1.68. The zero-order valence-corrected chi connectivity index (χ0v) is 10.7. The van der Waals surface area contributed by atoms with Crippen LogP contribution in [0, 0.1) is 0 Å². The number of nitrogens with zero attached hydrogens (tertiary/aromatic N) is 2. The first-order valence-electron chi connectivity index (χ1n) is 6.38. The van der Waals surface area contributed by atoms with Crippen molar-refractivity contribution < 1.29 is 9.59 Å². The summed E-state index contributed by atoms with van der Waals surface area (Å²) in [6, 6.07) is 7.80. The van der Waals surface area contributed by atoms with Crippen LogP contribution in [0.2, 0.25) is 0 Å². The van der Waals surface area contributed by atoms with Crippen LogP contribution in [0.3, 0.4) is 0 Å². The molecule has 1 saturated heterocycles. The number of urea groups is 2. The molecule has 1 aromatic carbocycles. The summed E-state index contributed by atoms with van der Waals surface area (Å²) < 4.78 is 0. The Morgan fingerprint density at radius 1 is 1.11 bits per heavy atom. The largest absolute Gasteiger partial charge is 0.350 e. The molecule has 102 valence electrons. The number of nitrogens with one attached hydrogen (secondary N) is 1. The van der Waals surface area contributed by atoms with Gasteiger partial charge in [-0.25, -0.2) is 20.0 Å². The Morgan fingerprint density at radius 3 is 2.32 bits per heavy atom. The summed E-state index contributed by atoms with van der Waals surface area (Å²) in [4.78, 5) is 25.2. The summed E-state index contributed by atoms with van der Waals surface area (Å²) in [6.07, 6.45) is 3.13. The van der Waals surface area contributed by atoms with Gasteiger partial charge in [0, 0.05) is 13.1 Å². The number of anilines is 1. The first-order valence-corrected chi connectivity index (χ1v) is 6.38. The van der Waals surface area contributed by atoms with E-state index in [2.05, 4.69) is 5.43 Å². The minimum Gasteiger partial charge on any atom is -0.350 e. The lowest BCUT2D eigenvalue weighted by atomic mass is 10.1. The van der Waals surface area contributed by atoms with Crippen molar-refractivity contribution in [1.29, 1.82) is 0 Å². The fraction of sp³-hybridized carbons (Fsp3) is 0.385. The SMILES string of the molecule is NC(=O)N(NC(=O)N1CCCCC1)c1ccccc1. The Hall–Kier alpha value is -2.24. The molecule has 1 aliphatic heterocycles. The van der Waals surface area contributed by atoms with Gasteiger partial charge in [-0.3, -0.25) is 0 Å². The van der Waals surface area contributed by atoms with Gasteiger partial charge in [-0.15, -0.1) is 0 Å². The zero-order valence-electron chi connectivity index (χ0n) is 10.7. The maximum Gasteiger partial charge on any atom is 0.338 e. The molecule has 1 aromatic rings. The van der Waals surface area contributed by atoms with Crippen LogP contribution in [0.15, 0.2) is 30.3 Å². The first kappa shape index (κ1) is 13.2. The molecule has 6 heteroatoms. The third kappa shape index (κ3) is 3.37. The molecule has 1 aliphatic rings. The van der Waals surface area contributed by atoms with Gasteiger partial charge >= 0.3 is 12.1 Å². The Balaban J connectivity index is 2.04. The van der Waals surface area contributed by atoms with Crippen molar-refractivity contribution in [3.05, 3.63) is 30.3 Å². The second kappa shape index (κ2) is 6.08. The molecule has 0 unspecified atom stereocenters. The van der Waals surface area contributed by atoms with Gasteiger partial charge in [0.2, 0.25) is 0 Å². The lowest BCUT2D eigenvalue weighted by Gasteiger charge is -2.30. The topological polar surface area (TPSA) is 78.7 Å². The van der Waals surface area contributed by atoms with Crippen molar-refractivity contribution >= 4 is 17.7 Å². The van der Waals surface area contributed by atoms with Gasteiger partial charge in [0.15, 0.2) is 0 Å². The van der Waals surface area contributed by atoms with E-state index in [1.54, 1.807) is 29.2 Å². The van der Waals surface area contributed by atoms with Crippen molar-refractivity contribution in [3.63, 3.8) is 0 Å². The Labute approximate surface area is 112 Å². The molecule has 0 bridgehead atoms. The molecule has 1 heterocycles. The van der Waals surface area contributed by atoms with E-state index in [4.69, 9.17) is 5.73 Å². The number of hydrazine groups is 1. The lowest BCUT2D eigenvalue weighted by molar-refractivity contribution is 0.185. The molecule has 4 amide bonds. The number of hydrogen-bond donors (Lipinski definition) is 2. The molecule has 0 aliphatic carbocycles. The van der Waals surface area contributed by atoms with Gasteiger partial charge < -0.3 is 10.6 Å². The molecule has 0 radical (unpaired) electrons. The Morgan fingerprint density at radius 2 is 1.74 bits per heavy atom. The molecule has 0 aromatic heterocycles. The van der Waals surface area contributed by atoms with Crippen LogP contribution in [-0.4, -0.2) is 30.1 Å². The highest BCUT2D eigenvalue weighted by molar-refractivity contribution is 5.93. The van der Waals surface area contributed by atoms with E-state index >= 15 is 0 Å². The van der Waals surface area contributed by atoms with E-state index in [-0.39, 0.29) is 6.03 Å². The van der Waals surface area contributed by atoms with E-state index in [0.29, 0.717) is 18.8 Å². The molecular formula is C13H18N4O2. The standard InChI is InChI=1S/C13H18N4O2/c14-12(18)17(11-7-3-1-4-8-11)15-13(19)16-9-5-2-6-10-16/h1,3-4,7-8H,2,5-6,9-10H2,(H2,14,18)(H,15,19). The van der Waals surface area contributed by atoms with Crippen molar-refractivity contribution in [1.82, 2.24) is 10.3 Å². The summed E-state index contributed by atoms with van der Waals surface area (Å²) in [5.74, 6) is 0. The molecule has 19 heavy (non-hydrogen) atoms. The smallest absolute Gasteiger partial charge is 0.338 e. The van der Waals surface area contributed by atoms with E-state index in [0.717, 1.165) is 24.3 Å². The highest BCUT2D eigenvalue weighted by Crippen LogP contribution is 2.12. The number of amides is 4. The minimum absolute atomic E-state index is 0.289. The minimum atomic E-state index is -0.712. The summed E-state index contributed by atoms with van der Waals surface area (Å²) >= 11 is 0. The second-order valence-corrected chi connectivity index (χ2v) is 4.47. The molecule has 3 N–H and O–H groups in total. The molecule has 0 saturated carbocycles. The van der Waals surface area contributed by atoms with E-state index < -0.39 is 6.03 Å². The summed E-state index contributed by atoms with van der Waals surface area (Å²) in [7, 11) is 0. The van der Waals surface area contributed by atoms with Gasteiger partial charge in [0.25, 0.3) is 0 Å². The van der Waals surface area contributed by atoms with Gasteiger partial charge in [-0.1, -0.05) is 18.2 Å². The number of carbonyl (C=O) groups excluding carboxylic acids is 2. The number of hydrogen-bond acceptors (Lipinski definition) is 2. The van der Waals surface area contributed by atoms with Gasteiger partial charge in [0.05, 0.1) is 5.69 Å². The van der Waals surface area contributed by atoms with E-state index in [9.17, 15) is 9.59 Å². The highest BCUT2D eigenvalue weighted by atomic mass is 16.2. The van der Waals surface area contributed by atoms with Gasteiger partial charge in [-0.2, -0.15) is 0 Å². The third-order valence-corrected chi connectivity index (χ3v) is 3.09. The van der Waals surface area contributed by atoms with Crippen LogP contribution < -0.4 is 16.2 Å². The van der Waals surface area contributed by atoms with Gasteiger partial charge in [0.1, 0.15) is 0 Å². The maximum absolute atomic E-state index is 12.1. The first-order chi connectivity index (χ1) is 9.18. The zero-order chi connectivity index (χ0) is 13.7. The van der Waals surface area contributed by atoms with Crippen LogP contribution in [0.1, 0.15) is 19.3 Å². The Kier molecular flexibility index (Phi) is 4.22. The molecule has 0 spiro atoms.